The summed E-state index contributed by atoms with van der Waals surface area (Å²) in [5.41, 5.74) is 4.32. The van der Waals surface area contributed by atoms with Crippen LogP contribution >= 0.6 is 0 Å². The zero-order valence-corrected chi connectivity index (χ0v) is 33.1. The Hall–Kier alpha value is -3.56. The third kappa shape index (κ3) is 12.2. The molecule has 3 aromatic rings. The number of carbonyl (C=O) groups is 2. The van der Waals surface area contributed by atoms with E-state index in [0.717, 1.165) is 100 Å². The predicted molar refractivity (Wildman–Crippen MR) is 218 cm³/mol. The van der Waals surface area contributed by atoms with Crippen LogP contribution in [0.2, 0.25) is 0 Å². The van der Waals surface area contributed by atoms with Crippen molar-refractivity contribution in [3.63, 3.8) is 0 Å². The van der Waals surface area contributed by atoms with Gasteiger partial charge in [0.1, 0.15) is 11.5 Å². The van der Waals surface area contributed by atoms with Crippen LogP contribution in [0.3, 0.4) is 0 Å². The van der Waals surface area contributed by atoms with Gasteiger partial charge in [-0.05, 0) is 157 Å². The zero-order chi connectivity index (χ0) is 37.5. The molecule has 0 saturated carbocycles. The molecule has 3 aromatic carbocycles. The maximum Gasteiger partial charge on any atom is 0.176 e. The van der Waals surface area contributed by atoms with Gasteiger partial charge >= 0.3 is 0 Å². The van der Waals surface area contributed by atoms with Gasteiger partial charge in [0.05, 0.1) is 26.3 Å². The maximum absolute atomic E-state index is 12.7. The smallest absolute Gasteiger partial charge is 0.176 e. The Morgan fingerprint density at radius 2 is 1.07 bits per heavy atom. The Morgan fingerprint density at radius 3 is 1.57 bits per heavy atom. The van der Waals surface area contributed by atoms with Gasteiger partial charge in [-0.2, -0.15) is 0 Å². The van der Waals surface area contributed by atoms with Crippen LogP contribution in [0.4, 0.5) is 0 Å². The molecule has 0 N–H and O–H groups in total. The van der Waals surface area contributed by atoms with Crippen LogP contribution in [-0.2, 0) is 13.0 Å². The fraction of sp³-hybridized carbons (Fsp3) is 0.565. The van der Waals surface area contributed by atoms with Crippen molar-refractivity contribution in [2.75, 3.05) is 72.1 Å². The highest BCUT2D eigenvalue weighted by Crippen LogP contribution is 2.21. The number of nitrogens with zero attached hydrogens (tertiary/aromatic N) is 4. The minimum atomic E-state index is 0.180. The number of hydrogen-bond donors (Lipinski definition) is 0. The van der Waals surface area contributed by atoms with Gasteiger partial charge in [-0.1, -0.05) is 30.7 Å². The topological polar surface area (TPSA) is 65.6 Å². The van der Waals surface area contributed by atoms with E-state index in [0.29, 0.717) is 19.1 Å². The number of carbonyl (C=O) groups excluding carboxylic acids is 2. The number of piperidine rings is 1. The van der Waals surface area contributed by atoms with Crippen LogP contribution in [0.25, 0.3) is 0 Å². The first kappa shape index (κ1) is 40.1. The molecule has 0 bridgehead atoms. The van der Waals surface area contributed by atoms with Crippen LogP contribution in [0.1, 0.15) is 103 Å². The molecule has 292 valence electrons. The average Bonchev–Trinajstić information content (AvgIpc) is 3.82. The predicted octanol–water partition coefficient (Wildman–Crippen LogP) is 7.79. The lowest BCUT2D eigenvalue weighted by atomic mass is 9.99. The summed E-state index contributed by atoms with van der Waals surface area (Å²) < 4.78 is 11.7. The van der Waals surface area contributed by atoms with Crippen LogP contribution < -0.4 is 9.47 Å². The molecule has 8 nitrogen and oxygen atoms in total. The molecule has 7 rings (SSSR count). The van der Waals surface area contributed by atoms with Crippen LogP contribution in [0.15, 0.2) is 72.8 Å². The minimum Gasteiger partial charge on any atom is -0.494 e. The number of hydrogen-bond acceptors (Lipinski definition) is 8. The van der Waals surface area contributed by atoms with Gasteiger partial charge in [0.2, 0.25) is 0 Å². The van der Waals surface area contributed by atoms with E-state index in [-0.39, 0.29) is 11.6 Å². The van der Waals surface area contributed by atoms with Crippen molar-refractivity contribution in [3.05, 3.63) is 95.1 Å². The van der Waals surface area contributed by atoms with Crippen LogP contribution in [-0.4, -0.2) is 115 Å². The molecule has 0 radical (unpaired) electrons. The number of likely N-dealkylation sites (tertiary alicyclic amines) is 3. The molecule has 4 aliphatic rings. The SMILES string of the molecule is C[C@@H]1CCCN1CCCOc1ccc(C(=O)CN2CCCCC2)cc1.C[C@@H]1CCCN1CCCOc1ccc(C(=O)CN2CCc3ccccc3C2)cc1. The third-order valence-electron chi connectivity index (χ3n) is 11.8. The van der Waals surface area contributed by atoms with Gasteiger partial charge in [0.15, 0.2) is 11.6 Å². The monoisotopic (exact) mass is 736 g/mol. The quantitative estimate of drug-likeness (QED) is 0.109. The third-order valence-corrected chi connectivity index (χ3v) is 11.8. The van der Waals surface area contributed by atoms with Crippen molar-refractivity contribution in [2.24, 2.45) is 0 Å². The highest BCUT2D eigenvalue weighted by atomic mass is 16.5. The second kappa shape index (κ2) is 20.9. The first-order chi connectivity index (χ1) is 26.4. The van der Waals surface area contributed by atoms with Gasteiger partial charge < -0.3 is 19.3 Å². The molecule has 0 aromatic heterocycles. The molecule has 54 heavy (non-hydrogen) atoms. The molecule has 8 heteroatoms. The summed E-state index contributed by atoms with van der Waals surface area (Å²) in [4.78, 5) is 34.7. The summed E-state index contributed by atoms with van der Waals surface area (Å²) in [6.45, 7) is 15.7. The van der Waals surface area contributed by atoms with E-state index in [1.165, 1.54) is 69.2 Å². The second-order valence-electron chi connectivity index (χ2n) is 15.9. The lowest BCUT2D eigenvalue weighted by Gasteiger charge is -2.28. The number of ketones is 2. The standard InChI is InChI=1S/C25H32N2O2.C21H32N2O2/c1-20-6-4-14-27(20)15-5-17-29-24-11-9-22(10-12-24)25(28)19-26-16-13-21-7-2-3-8-23(21)18-26;1-18-7-5-14-23(18)15-6-16-25-20-10-8-19(9-11-20)21(24)17-22-12-3-2-4-13-22/h2-3,7-12,20H,4-6,13-19H2,1H3;8-11,18H,2-7,12-17H2,1H3/t20-;18-/m11/s1. The van der Waals surface area contributed by atoms with Gasteiger partial charge in [-0.15, -0.1) is 0 Å². The van der Waals surface area contributed by atoms with Gasteiger partial charge in [-0.25, -0.2) is 0 Å². The summed E-state index contributed by atoms with van der Waals surface area (Å²) >= 11 is 0. The Balaban J connectivity index is 0.000000186. The molecule has 0 aliphatic carbocycles. The van der Waals surface area contributed by atoms with Crippen molar-refractivity contribution in [1.82, 2.24) is 19.6 Å². The van der Waals surface area contributed by atoms with Crippen molar-refractivity contribution < 1.29 is 19.1 Å². The lowest BCUT2D eigenvalue weighted by Crippen LogP contribution is -2.34. The van der Waals surface area contributed by atoms with Crippen molar-refractivity contribution in [3.8, 4) is 11.5 Å². The lowest BCUT2D eigenvalue weighted by molar-refractivity contribution is 0.0910. The fourth-order valence-corrected chi connectivity index (χ4v) is 8.43. The number of ether oxygens (including phenoxy) is 2. The summed E-state index contributed by atoms with van der Waals surface area (Å²) in [6.07, 6.45) is 12.2. The van der Waals surface area contributed by atoms with E-state index >= 15 is 0 Å². The van der Waals surface area contributed by atoms with E-state index in [1.807, 2.05) is 48.5 Å². The van der Waals surface area contributed by atoms with Gasteiger partial charge in [0, 0.05) is 49.4 Å². The highest BCUT2D eigenvalue weighted by molar-refractivity contribution is 5.98. The van der Waals surface area contributed by atoms with Crippen molar-refractivity contribution >= 4 is 11.6 Å². The van der Waals surface area contributed by atoms with Crippen molar-refractivity contribution in [2.45, 2.75) is 96.7 Å². The van der Waals surface area contributed by atoms with E-state index in [1.54, 1.807) is 0 Å². The van der Waals surface area contributed by atoms with E-state index in [4.69, 9.17) is 9.47 Å². The summed E-state index contributed by atoms with van der Waals surface area (Å²) in [6, 6.07) is 25.3. The molecular formula is C46H64N4O4. The molecule has 4 aliphatic heterocycles. The number of rotatable bonds is 16. The summed E-state index contributed by atoms with van der Waals surface area (Å²) in [7, 11) is 0. The highest BCUT2D eigenvalue weighted by Gasteiger charge is 2.21. The molecule has 0 spiro atoms. The molecule has 0 amide bonds. The minimum absolute atomic E-state index is 0.180. The Kier molecular flexibility index (Phi) is 15.6. The summed E-state index contributed by atoms with van der Waals surface area (Å²) in [5.74, 6) is 2.11. The number of Topliss-reactive ketones (excluding diaryl/α,β-unsaturated/α-hetero) is 2. The van der Waals surface area contributed by atoms with E-state index in [9.17, 15) is 9.59 Å². The number of fused-ring (bicyclic) bond motifs is 1. The van der Waals surface area contributed by atoms with Crippen molar-refractivity contribution in [1.29, 1.82) is 0 Å². The first-order valence-corrected chi connectivity index (χ1v) is 20.9. The molecule has 3 saturated heterocycles. The van der Waals surface area contributed by atoms with E-state index < -0.39 is 0 Å². The maximum atomic E-state index is 12.7. The van der Waals surface area contributed by atoms with Gasteiger partial charge in [-0.3, -0.25) is 19.4 Å². The average molecular weight is 737 g/mol. The molecule has 3 fully saturated rings. The Bertz CT molecular complexity index is 1590. The largest absolute Gasteiger partial charge is 0.494 e. The fourth-order valence-electron chi connectivity index (χ4n) is 8.43. The van der Waals surface area contributed by atoms with E-state index in [2.05, 4.69) is 57.7 Å². The molecule has 2 atom stereocenters. The summed E-state index contributed by atoms with van der Waals surface area (Å²) in [5, 5.41) is 0. The molecule has 4 heterocycles. The molecule has 0 unspecified atom stereocenters. The number of benzene rings is 3. The Labute approximate surface area is 324 Å². The normalized spacial score (nSPS) is 20.9. The second-order valence-corrected chi connectivity index (χ2v) is 15.9. The molecular weight excluding hydrogens is 673 g/mol. The Morgan fingerprint density at radius 1 is 0.574 bits per heavy atom. The van der Waals surface area contributed by atoms with Crippen LogP contribution in [0, 0.1) is 0 Å². The van der Waals surface area contributed by atoms with Gasteiger partial charge in [0.25, 0.3) is 0 Å². The first-order valence-electron chi connectivity index (χ1n) is 20.9. The van der Waals surface area contributed by atoms with Crippen LogP contribution in [0.5, 0.6) is 11.5 Å². The zero-order valence-electron chi connectivity index (χ0n) is 33.1.